The number of nitrogens with one attached hydrogen (secondary N) is 1. The van der Waals surface area contributed by atoms with E-state index in [1.807, 2.05) is 6.07 Å². The van der Waals surface area contributed by atoms with Crippen molar-refractivity contribution in [3.05, 3.63) is 65.9 Å². The molecule has 2 unspecified atom stereocenters. The summed E-state index contributed by atoms with van der Waals surface area (Å²) in [6.45, 7) is 8.51. The van der Waals surface area contributed by atoms with Crippen molar-refractivity contribution in [2.24, 2.45) is 0 Å². The van der Waals surface area contributed by atoms with Crippen LogP contribution in [0.5, 0.6) is 6.01 Å². The number of anilines is 1. The van der Waals surface area contributed by atoms with Gasteiger partial charge in [0.15, 0.2) is 5.82 Å². The predicted molar refractivity (Wildman–Crippen MR) is 194 cm³/mol. The Morgan fingerprint density at radius 1 is 1.10 bits per heavy atom. The Labute approximate surface area is 301 Å². The second kappa shape index (κ2) is 13.0. The average molecular weight is 706 g/mol. The minimum atomic E-state index is -0.654. The SMILES string of the molecule is C#Cc1c(F)ccc2cccc(-c3ncc4c(N5CC6CCC(C5)N6)nc(OC[C@@]56CC[C@@H](COC(=O)N7CCCC7)N5CC(=C)C6)nc4c3F)c12. The van der Waals surface area contributed by atoms with Crippen molar-refractivity contribution in [3.8, 4) is 29.6 Å². The molecule has 5 aliphatic rings. The molecule has 5 aliphatic heterocycles. The third-order valence-corrected chi connectivity index (χ3v) is 11.8. The largest absolute Gasteiger partial charge is 0.461 e. The highest BCUT2D eigenvalue weighted by Gasteiger charge is 2.51. The van der Waals surface area contributed by atoms with Crippen LogP contribution in [0.1, 0.15) is 50.5 Å². The van der Waals surface area contributed by atoms with Crippen molar-refractivity contribution in [1.82, 2.24) is 30.1 Å². The van der Waals surface area contributed by atoms with Gasteiger partial charge in [0.1, 0.15) is 36.1 Å². The van der Waals surface area contributed by atoms with Crippen LogP contribution in [0.4, 0.5) is 19.4 Å². The summed E-state index contributed by atoms with van der Waals surface area (Å²) in [4.78, 5) is 33.2. The molecule has 10 nitrogen and oxygen atoms in total. The summed E-state index contributed by atoms with van der Waals surface area (Å²) in [6, 6.07) is 8.99. The molecule has 0 saturated carbocycles. The van der Waals surface area contributed by atoms with E-state index in [1.54, 1.807) is 29.3 Å². The lowest BCUT2D eigenvalue weighted by Crippen LogP contribution is -2.51. The zero-order chi connectivity index (χ0) is 35.6. The lowest BCUT2D eigenvalue weighted by Gasteiger charge is -2.35. The predicted octanol–water partition coefficient (Wildman–Crippen LogP) is 5.82. The van der Waals surface area contributed by atoms with Crippen molar-refractivity contribution < 1.29 is 23.0 Å². The lowest BCUT2D eigenvalue weighted by atomic mass is 9.94. The minimum Gasteiger partial charge on any atom is -0.461 e. The smallest absolute Gasteiger partial charge is 0.409 e. The Balaban J connectivity index is 1.06. The second-order valence-electron chi connectivity index (χ2n) is 15.1. The van der Waals surface area contributed by atoms with Gasteiger partial charge in [0.25, 0.3) is 0 Å². The standard InChI is InChI=1S/C40H41F2N7O3/c1-3-29-32(41)12-9-25-7-6-8-30(33(25)29)35-34(42)36-31(18-43-35)37(48-20-26-10-11-27(21-48)44-26)46-38(45-36)52-23-40-14-13-28(49(40)19-24(2)17-40)22-51-39(50)47-15-4-5-16-47/h1,6-9,12,18,26-28,44H,2,4-5,10-11,13-17,19-23H2/t26?,27?,28-,40-/m0/s1. The Bertz CT molecular complexity index is 2140. The first kappa shape index (κ1) is 33.0. The average Bonchev–Trinajstić information content (AvgIpc) is 3.94. The summed E-state index contributed by atoms with van der Waals surface area (Å²) in [5.74, 6) is 1.82. The number of amides is 1. The summed E-state index contributed by atoms with van der Waals surface area (Å²) in [5, 5.41) is 5.23. The maximum Gasteiger partial charge on any atom is 0.409 e. The molecule has 268 valence electrons. The summed E-state index contributed by atoms with van der Waals surface area (Å²) in [5.41, 5.74) is 1.27. The molecule has 5 fully saturated rings. The van der Waals surface area contributed by atoms with Crippen LogP contribution in [-0.2, 0) is 4.74 Å². The van der Waals surface area contributed by atoms with Gasteiger partial charge >= 0.3 is 12.1 Å². The number of fused-ring (bicyclic) bond motifs is 5. The van der Waals surface area contributed by atoms with Gasteiger partial charge in [-0.3, -0.25) is 9.88 Å². The van der Waals surface area contributed by atoms with Crippen molar-refractivity contribution in [2.75, 3.05) is 50.8 Å². The van der Waals surface area contributed by atoms with Crippen molar-refractivity contribution >= 4 is 33.6 Å². The number of carbonyl (C=O) groups is 1. The van der Waals surface area contributed by atoms with Crippen molar-refractivity contribution in [3.63, 3.8) is 0 Å². The number of likely N-dealkylation sites (tertiary alicyclic amines) is 1. The van der Waals surface area contributed by atoms with E-state index in [9.17, 15) is 9.18 Å². The van der Waals surface area contributed by atoms with Crippen LogP contribution < -0.4 is 15.0 Å². The fourth-order valence-corrected chi connectivity index (χ4v) is 9.28. The van der Waals surface area contributed by atoms with Crippen molar-refractivity contribution in [2.45, 2.75) is 68.6 Å². The van der Waals surface area contributed by atoms with Crippen LogP contribution in [0.15, 0.2) is 48.7 Å². The molecule has 0 radical (unpaired) electrons. The highest BCUT2D eigenvalue weighted by Crippen LogP contribution is 2.45. The Morgan fingerprint density at radius 2 is 1.90 bits per heavy atom. The summed E-state index contributed by atoms with van der Waals surface area (Å²) in [6.07, 6.45) is 13.7. The van der Waals surface area contributed by atoms with Gasteiger partial charge in [-0.25, -0.2) is 13.6 Å². The Kier molecular flexibility index (Phi) is 8.23. The number of nitrogens with zero attached hydrogens (tertiary/aromatic N) is 6. The first-order valence-corrected chi connectivity index (χ1v) is 18.3. The van der Waals surface area contributed by atoms with E-state index >= 15 is 4.39 Å². The monoisotopic (exact) mass is 705 g/mol. The molecule has 2 aromatic heterocycles. The molecular weight excluding hydrogens is 664 g/mol. The van der Waals surface area contributed by atoms with Gasteiger partial charge in [-0.05, 0) is 56.4 Å². The molecule has 2 bridgehead atoms. The van der Waals surface area contributed by atoms with Crippen LogP contribution in [-0.4, -0.2) is 100 Å². The number of ether oxygens (including phenoxy) is 2. The van der Waals surface area contributed by atoms with Gasteiger partial charge in [-0.2, -0.15) is 9.97 Å². The zero-order valence-corrected chi connectivity index (χ0v) is 29.0. The van der Waals surface area contributed by atoms with Gasteiger partial charge in [-0.1, -0.05) is 42.3 Å². The van der Waals surface area contributed by atoms with Crippen LogP contribution >= 0.6 is 0 Å². The van der Waals surface area contributed by atoms with E-state index in [-0.39, 0.29) is 47.1 Å². The number of halogens is 2. The number of terminal acetylenes is 1. The van der Waals surface area contributed by atoms with Crippen LogP contribution in [0.3, 0.4) is 0 Å². The summed E-state index contributed by atoms with van der Waals surface area (Å²) in [7, 11) is 0. The number of hydrogen-bond acceptors (Lipinski definition) is 9. The zero-order valence-electron chi connectivity index (χ0n) is 29.0. The molecule has 4 atom stereocenters. The van der Waals surface area contributed by atoms with E-state index in [0.29, 0.717) is 52.8 Å². The molecule has 1 amide bonds. The molecule has 0 aliphatic carbocycles. The maximum atomic E-state index is 17.0. The molecule has 52 heavy (non-hydrogen) atoms. The minimum absolute atomic E-state index is 0.0233. The Hall–Kier alpha value is -4.86. The fraction of sp³-hybridized carbons (Fsp3) is 0.450. The number of hydrogen-bond donors (Lipinski definition) is 1. The van der Waals surface area contributed by atoms with Crippen LogP contribution in [0.25, 0.3) is 32.9 Å². The van der Waals surface area contributed by atoms with E-state index in [2.05, 4.69) is 32.6 Å². The third kappa shape index (κ3) is 5.62. The summed E-state index contributed by atoms with van der Waals surface area (Å²) < 4.78 is 44.2. The van der Waals surface area contributed by atoms with Crippen molar-refractivity contribution in [1.29, 1.82) is 0 Å². The maximum absolute atomic E-state index is 17.0. The number of carbonyl (C=O) groups excluding carboxylic acids is 1. The number of aromatic nitrogens is 3. The number of piperazine rings is 1. The van der Waals surface area contributed by atoms with Crippen LogP contribution in [0, 0.1) is 24.0 Å². The van der Waals surface area contributed by atoms with E-state index in [4.69, 9.17) is 25.9 Å². The van der Waals surface area contributed by atoms with Gasteiger partial charge < -0.3 is 24.6 Å². The van der Waals surface area contributed by atoms with Crippen LogP contribution in [0.2, 0.25) is 0 Å². The first-order chi connectivity index (χ1) is 25.3. The molecule has 5 saturated heterocycles. The normalized spacial score (nSPS) is 25.6. The van der Waals surface area contributed by atoms with E-state index < -0.39 is 11.6 Å². The quantitative estimate of drug-likeness (QED) is 0.189. The van der Waals surface area contributed by atoms with Gasteiger partial charge in [0, 0.05) is 68.0 Å². The molecule has 7 heterocycles. The third-order valence-electron chi connectivity index (χ3n) is 11.8. The summed E-state index contributed by atoms with van der Waals surface area (Å²) >= 11 is 0. The molecule has 4 aromatic rings. The second-order valence-corrected chi connectivity index (χ2v) is 15.1. The highest BCUT2D eigenvalue weighted by atomic mass is 19.1. The topological polar surface area (TPSA) is 96.0 Å². The molecule has 1 N–H and O–H groups in total. The van der Waals surface area contributed by atoms with Gasteiger partial charge in [0.2, 0.25) is 0 Å². The van der Waals surface area contributed by atoms with E-state index in [1.165, 1.54) is 6.07 Å². The van der Waals surface area contributed by atoms with Gasteiger partial charge in [0.05, 0.1) is 16.5 Å². The number of pyridine rings is 1. The molecule has 2 aromatic carbocycles. The number of benzene rings is 2. The highest BCUT2D eigenvalue weighted by molar-refractivity contribution is 6.02. The fourth-order valence-electron chi connectivity index (χ4n) is 9.28. The Morgan fingerprint density at radius 3 is 2.69 bits per heavy atom. The lowest BCUT2D eigenvalue weighted by molar-refractivity contribution is 0.0464. The van der Waals surface area contributed by atoms with Gasteiger partial charge in [-0.15, -0.1) is 6.42 Å². The first-order valence-electron chi connectivity index (χ1n) is 18.3. The molecule has 9 rings (SSSR count). The molecule has 0 spiro atoms. The molecule has 12 heteroatoms. The molecular formula is C40H41F2N7O3. The number of rotatable bonds is 7. The van der Waals surface area contributed by atoms with E-state index in [0.717, 1.165) is 76.7 Å².